The SMILES string of the molecule is CCCCCCCCCCCCCCCCCCCCCCCCC(=O)OC[C@H](COP(=O)(O)OC[C@@H](O)COP(=O)(O)OC[C@@H](COC(=O)CCCCCCCCC)OC(=O)CCCCCCCCCCC)OC(=O)CCCCCCCCCCCCCCCCCCCCC(C)CC. The van der Waals surface area contributed by atoms with E-state index in [0.29, 0.717) is 25.7 Å². The number of aliphatic hydroxyl groups is 1. The third-order valence-electron chi connectivity index (χ3n) is 19.4. The van der Waals surface area contributed by atoms with Crippen LogP contribution in [0.15, 0.2) is 0 Å². The minimum absolute atomic E-state index is 0.106. The lowest BCUT2D eigenvalue weighted by molar-refractivity contribution is -0.161. The Morgan fingerprint density at radius 2 is 0.480 bits per heavy atom. The molecule has 6 atom stereocenters. The fourth-order valence-electron chi connectivity index (χ4n) is 12.6. The molecule has 17 nitrogen and oxygen atoms in total. The van der Waals surface area contributed by atoms with Crippen molar-refractivity contribution in [3.05, 3.63) is 0 Å². The zero-order valence-corrected chi connectivity index (χ0v) is 67.1. The number of carbonyl (C=O) groups excluding carboxylic acids is 4. The van der Waals surface area contributed by atoms with Crippen LogP contribution in [0.2, 0.25) is 0 Å². The number of phosphoric ester groups is 2. The lowest BCUT2D eigenvalue weighted by atomic mass is 9.99. The van der Waals surface area contributed by atoms with Gasteiger partial charge in [-0.25, -0.2) is 9.13 Å². The molecule has 0 aromatic rings. The van der Waals surface area contributed by atoms with Gasteiger partial charge in [0.05, 0.1) is 26.4 Å². The van der Waals surface area contributed by atoms with E-state index in [0.717, 1.165) is 109 Å². The Labute approximate surface area is 613 Å². The Kier molecular flexibility index (Phi) is 72.5. The number of esters is 4. The fourth-order valence-corrected chi connectivity index (χ4v) is 14.1. The van der Waals surface area contributed by atoms with E-state index in [9.17, 15) is 43.2 Å². The molecular weight excluding hydrogens is 1310 g/mol. The number of unbranched alkanes of at least 4 members (excludes halogenated alkanes) is 52. The van der Waals surface area contributed by atoms with Crippen LogP contribution in [0.4, 0.5) is 0 Å². The molecule has 3 N–H and O–H groups in total. The molecule has 3 unspecified atom stereocenters. The van der Waals surface area contributed by atoms with Crippen molar-refractivity contribution in [3.8, 4) is 0 Å². The number of carbonyl (C=O) groups is 4. The molecule has 0 amide bonds. The van der Waals surface area contributed by atoms with Gasteiger partial charge in [-0.3, -0.25) is 37.3 Å². The average Bonchev–Trinajstić information content (AvgIpc) is 0.990. The quantitative estimate of drug-likeness (QED) is 0.0222. The number of phosphoric acid groups is 2. The Morgan fingerprint density at radius 3 is 0.710 bits per heavy atom. The first-order chi connectivity index (χ1) is 48.6. The van der Waals surface area contributed by atoms with Gasteiger partial charge < -0.3 is 33.8 Å². The van der Waals surface area contributed by atoms with Gasteiger partial charge in [0.2, 0.25) is 0 Å². The largest absolute Gasteiger partial charge is 0.472 e. The summed E-state index contributed by atoms with van der Waals surface area (Å²) in [5.74, 6) is -1.25. The lowest BCUT2D eigenvalue weighted by Crippen LogP contribution is -2.30. The van der Waals surface area contributed by atoms with Gasteiger partial charge in [0, 0.05) is 25.7 Å². The molecule has 0 bridgehead atoms. The van der Waals surface area contributed by atoms with Crippen molar-refractivity contribution in [1.82, 2.24) is 0 Å². The van der Waals surface area contributed by atoms with Crippen LogP contribution >= 0.6 is 15.6 Å². The summed E-state index contributed by atoms with van der Waals surface area (Å²) in [7, 11) is -9.91. The van der Waals surface area contributed by atoms with Gasteiger partial charge in [-0.15, -0.1) is 0 Å². The standard InChI is InChI=1S/C81H158O17P2/c1-6-10-13-16-19-21-22-23-24-25-26-27-28-29-33-36-39-42-46-50-55-60-65-79(84)92-71-77(98-81(86)67-62-57-52-47-43-40-37-34-31-30-32-35-38-41-45-49-53-58-63-74(5)9-4)73-96-100(89,90)94-69-75(82)68-93-99(87,88)95-72-76(70-91-78(83)64-59-54-48-18-15-12-8-3)97-80(85)66-61-56-51-44-20-17-14-11-7-2/h74-77,82H,6-73H2,1-5H3,(H,87,88)(H,89,90)/t74?,75-,76+,77+/m0/s1. The lowest BCUT2D eigenvalue weighted by Gasteiger charge is -2.21. The molecule has 0 radical (unpaired) electrons. The molecule has 0 fully saturated rings. The highest BCUT2D eigenvalue weighted by Crippen LogP contribution is 2.45. The minimum atomic E-state index is -4.96. The zero-order valence-electron chi connectivity index (χ0n) is 65.3. The summed E-state index contributed by atoms with van der Waals surface area (Å²) in [5, 5.41) is 10.6. The van der Waals surface area contributed by atoms with Crippen molar-refractivity contribution in [2.75, 3.05) is 39.6 Å². The van der Waals surface area contributed by atoms with E-state index >= 15 is 0 Å². The maximum absolute atomic E-state index is 13.1. The van der Waals surface area contributed by atoms with Crippen molar-refractivity contribution in [1.29, 1.82) is 0 Å². The summed E-state index contributed by atoms with van der Waals surface area (Å²) in [4.78, 5) is 72.7. The third kappa shape index (κ3) is 73.0. The second-order valence-electron chi connectivity index (χ2n) is 29.4. The summed E-state index contributed by atoms with van der Waals surface area (Å²) in [5.41, 5.74) is 0. The molecular formula is C81H158O17P2. The van der Waals surface area contributed by atoms with Gasteiger partial charge >= 0.3 is 39.5 Å². The molecule has 594 valence electrons. The molecule has 0 aromatic carbocycles. The van der Waals surface area contributed by atoms with E-state index in [1.807, 2.05) is 0 Å². The molecule has 0 heterocycles. The summed E-state index contributed by atoms with van der Waals surface area (Å²) >= 11 is 0. The summed E-state index contributed by atoms with van der Waals surface area (Å²) in [6.07, 6.45) is 65.7. The van der Waals surface area contributed by atoms with E-state index < -0.39 is 97.5 Å². The van der Waals surface area contributed by atoms with Crippen molar-refractivity contribution < 1.29 is 80.2 Å². The van der Waals surface area contributed by atoms with Gasteiger partial charge in [-0.1, -0.05) is 381 Å². The molecule has 0 rings (SSSR count). The van der Waals surface area contributed by atoms with Crippen LogP contribution in [0, 0.1) is 5.92 Å². The highest BCUT2D eigenvalue weighted by molar-refractivity contribution is 7.47. The minimum Gasteiger partial charge on any atom is -0.462 e. The van der Waals surface area contributed by atoms with Crippen LogP contribution in [0.1, 0.15) is 433 Å². The number of aliphatic hydroxyl groups excluding tert-OH is 1. The topological polar surface area (TPSA) is 237 Å². The summed E-state index contributed by atoms with van der Waals surface area (Å²) in [6, 6.07) is 0. The Balaban J connectivity index is 5.10. The number of rotatable bonds is 81. The van der Waals surface area contributed by atoms with E-state index in [-0.39, 0.29) is 25.7 Å². The van der Waals surface area contributed by atoms with Gasteiger partial charge in [-0.2, -0.15) is 0 Å². The normalized spacial score (nSPS) is 14.1. The highest BCUT2D eigenvalue weighted by Gasteiger charge is 2.30. The van der Waals surface area contributed by atoms with Gasteiger partial charge in [0.15, 0.2) is 12.2 Å². The summed E-state index contributed by atoms with van der Waals surface area (Å²) in [6.45, 7) is 7.32. The van der Waals surface area contributed by atoms with E-state index in [1.165, 1.54) is 244 Å². The van der Waals surface area contributed by atoms with Crippen LogP contribution in [0.5, 0.6) is 0 Å². The van der Waals surface area contributed by atoms with Crippen molar-refractivity contribution in [2.45, 2.75) is 451 Å². The molecule has 0 aliphatic heterocycles. The van der Waals surface area contributed by atoms with Gasteiger partial charge in [0.25, 0.3) is 0 Å². The zero-order chi connectivity index (χ0) is 73.4. The van der Waals surface area contributed by atoms with Crippen LogP contribution in [0.3, 0.4) is 0 Å². The first-order valence-electron chi connectivity index (χ1n) is 42.2. The maximum atomic E-state index is 13.1. The number of ether oxygens (including phenoxy) is 4. The van der Waals surface area contributed by atoms with Crippen LogP contribution in [-0.4, -0.2) is 96.7 Å². The molecule has 19 heteroatoms. The monoisotopic (exact) mass is 1470 g/mol. The molecule has 100 heavy (non-hydrogen) atoms. The Morgan fingerprint density at radius 1 is 0.280 bits per heavy atom. The molecule has 0 aliphatic rings. The third-order valence-corrected chi connectivity index (χ3v) is 21.3. The van der Waals surface area contributed by atoms with E-state index in [2.05, 4.69) is 34.6 Å². The molecule has 0 aromatic heterocycles. The molecule has 0 saturated heterocycles. The first kappa shape index (κ1) is 98.1. The Hall–Kier alpha value is -1.94. The van der Waals surface area contributed by atoms with Crippen LogP contribution in [0.25, 0.3) is 0 Å². The van der Waals surface area contributed by atoms with Crippen LogP contribution in [-0.2, 0) is 65.4 Å². The van der Waals surface area contributed by atoms with E-state index in [1.54, 1.807) is 0 Å². The number of hydrogen-bond acceptors (Lipinski definition) is 15. The maximum Gasteiger partial charge on any atom is 0.472 e. The molecule has 0 aliphatic carbocycles. The molecule has 0 saturated carbocycles. The molecule has 0 spiro atoms. The predicted molar refractivity (Wildman–Crippen MR) is 409 cm³/mol. The Bertz CT molecular complexity index is 1910. The van der Waals surface area contributed by atoms with Gasteiger partial charge in [-0.05, 0) is 31.6 Å². The summed E-state index contributed by atoms with van der Waals surface area (Å²) < 4.78 is 68.4. The van der Waals surface area contributed by atoms with E-state index in [4.69, 9.17) is 37.0 Å². The average molecular weight is 1470 g/mol. The van der Waals surface area contributed by atoms with Gasteiger partial charge in [0.1, 0.15) is 19.3 Å². The second kappa shape index (κ2) is 73.9. The van der Waals surface area contributed by atoms with Crippen molar-refractivity contribution in [2.24, 2.45) is 5.92 Å². The fraction of sp³-hybridized carbons (Fsp3) is 0.951. The number of hydrogen-bond donors (Lipinski definition) is 3. The highest BCUT2D eigenvalue weighted by atomic mass is 31.2. The second-order valence-corrected chi connectivity index (χ2v) is 32.3. The van der Waals surface area contributed by atoms with Crippen molar-refractivity contribution >= 4 is 39.5 Å². The first-order valence-corrected chi connectivity index (χ1v) is 45.2. The van der Waals surface area contributed by atoms with Crippen LogP contribution < -0.4 is 0 Å². The predicted octanol–water partition coefficient (Wildman–Crippen LogP) is 24.4. The smallest absolute Gasteiger partial charge is 0.462 e. The van der Waals surface area contributed by atoms with Crippen molar-refractivity contribution in [3.63, 3.8) is 0 Å².